The summed E-state index contributed by atoms with van der Waals surface area (Å²) >= 11 is 0. The first-order chi connectivity index (χ1) is 13.0. The number of rotatable bonds is 7. The van der Waals surface area contributed by atoms with Crippen LogP contribution in [0.1, 0.15) is 21.7 Å². The molecule has 2 aromatic heterocycles. The van der Waals surface area contributed by atoms with E-state index < -0.39 is 4.92 Å². The lowest BCUT2D eigenvalue weighted by Crippen LogP contribution is -2.33. The van der Waals surface area contributed by atoms with Gasteiger partial charge in [-0.1, -0.05) is 12.1 Å². The van der Waals surface area contributed by atoms with Crippen LogP contribution in [0.25, 0.3) is 0 Å². The van der Waals surface area contributed by atoms with Crippen LogP contribution in [-0.2, 0) is 20.0 Å². The van der Waals surface area contributed by atoms with Gasteiger partial charge < -0.3 is 9.47 Å². The molecule has 0 saturated heterocycles. The van der Waals surface area contributed by atoms with Crippen LogP contribution in [0.4, 0.5) is 5.69 Å². The maximum atomic E-state index is 13.1. The summed E-state index contributed by atoms with van der Waals surface area (Å²) in [5, 5.41) is 11.0. The van der Waals surface area contributed by atoms with Gasteiger partial charge in [0.25, 0.3) is 11.6 Å². The Bertz CT molecular complexity index is 937. The molecule has 0 spiro atoms. The van der Waals surface area contributed by atoms with Gasteiger partial charge >= 0.3 is 0 Å². The van der Waals surface area contributed by atoms with E-state index in [1.54, 1.807) is 17.2 Å². The fourth-order valence-corrected chi connectivity index (χ4v) is 2.84. The highest BCUT2D eigenvalue weighted by atomic mass is 16.6. The third-order valence-corrected chi connectivity index (χ3v) is 4.36. The summed E-state index contributed by atoms with van der Waals surface area (Å²) in [6.07, 6.45) is 4.25. The van der Waals surface area contributed by atoms with Crippen LogP contribution < -0.4 is 0 Å². The summed E-state index contributed by atoms with van der Waals surface area (Å²) in [7, 11) is 1.92. The number of amides is 1. The van der Waals surface area contributed by atoms with Crippen molar-refractivity contribution in [2.75, 3.05) is 6.54 Å². The lowest BCUT2D eigenvalue weighted by molar-refractivity contribution is -0.384. The van der Waals surface area contributed by atoms with E-state index in [9.17, 15) is 14.9 Å². The lowest BCUT2D eigenvalue weighted by atomic mass is 10.1. The minimum atomic E-state index is -0.494. The van der Waals surface area contributed by atoms with Crippen LogP contribution in [0.3, 0.4) is 0 Å². The van der Waals surface area contributed by atoms with Crippen LogP contribution in [0, 0.1) is 10.1 Å². The van der Waals surface area contributed by atoms with Crippen molar-refractivity contribution in [3.63, 3.8) is 0 Å². The van der Waals surface area contributed by atoms with E-state index >= 15 is 0 Å². The van der Waals surface area contributed by atoms with Crippen molar-refractivity contribution in [3.8, 4) is 0 Å². The highest BCUT2D eigenvalue weighted by Gasteiger charge is 2.19. The van der Waals surface area contributed by atoms with Crippen LogP contribution in [0.2, 0.25) is 0 Å². The summed E-state index contributed by atoms with van der Waals surface area (Å²) in [5.41, 5.74) is 2.08. The molecule has 0 N–H and O–H groups in total. The second kappa shape index (κ2) is 8.27. The number of aryl methyl sites for hydroxylation is 1. The van der Waals surface area contributed by atoms with Crippen molar-refractivity contribution < 1.29 is 9.72 Å². The van der Waals surface area contributed by atoms with E-state index in [0.717, 1.165) is 11.4 Å². The van der Waals surface area contributed by atoms with E-state index in [2.05, 4.69) is 4.98 Å². The fraction of sp³-hybridized carbons (Fsp3) is 0.200. The quantitative estimate of drug-likeness (QED) is 0.476. The number of nitrogens with zero attached hydrogens (tertiary/aromatic N) is 4. The molecule has 0 atom stereocenters. The average Bonchev–Trinajstić information content (AvgIpc) is 3.10. The Kier molecular flexibility index (Phi) is 5.61. The first-order valence-corrected chi connectivity index (χ1v) is 8.58. The standard InChI is InChI=1S/C20H20N4O3/c1-22-12-5-9-19(22)15-23(13-10-17-7-2-3-11-21-17)20(25)16-6-4-8-18(14-16)24(26)27/h2-9,11-12,14H,10,13,15H2,1H3. The molecule has 27 heavy (non-hydrogen) atoms. The number of nitro benzene ring substituents is 1. The SMILES string of the molecule is Cn1cccc1CN(CCc1ccccn1)C(=O)c1cccc([N+](=O)[O-])c1. The molecule has 0 aliphatic carbocycles. The number of hydrogen-bond acceptors (Lipinski definition) is 4. The smallest absolute Gasteiger partial charge is 0.270 e. The highest BCUT2D eigenvalue weighted by molar-refractivity contribution is 5.94. The van der Waals surface area contributed by atoms with E-state index in [0.29, 0.717) is 25.1 Å². The number of nitro groups is 1. The highest BCUT2D eigenvalue weighted by Crippen LogP contribution is 2.17. The maximum Gasteiger partial charge on any atom is 0.270 e. The van der Waals surface area contributed by atoms with E-state index in [4.69, 9.17) is 0 Å². The predicted molar refractivity (Wildman–Crippen MR) is 101 cm³/mol. The minimum Gasteiger partial charge on any atom is -0.353 e. The predicted octanol–water partition coefficient (Wildman–Crippen LogP) is 3.21. The van der Waals surface area contributed by atoms with Crippen molar-refractivity contribution in [3.05, 3.63) is 94.1 Å². The Balaban J connectivity index is 1.83. The Hall–Kier alpha value is -3.48. The van der Waals surface area contributed by atoms with Crippen LogP contribution in [0.15, 0.2) is 67.0 Å². The molecule has 1 aromatic carbocycles. The first-order valence-electron chi connectivity index (χ1n) is 8.58. The molecule has 7 heteroatoms. The average molecular weight is 364 g/mol. The van der Waals surface area contributed by atoms with Crippen molar-refractivity contribution >= 4 is 11.6 Å². The lowest BCUT2D eigenvalue weighted by Gasteiger charge is -2.23. The molecular formula is C20H20N4O3. The van der Waals surface area contributed by atoms with Crippen molar-refractivity contribution in [2.45, 2.75) is 13.0 Å². The zero-order valence-electron chi connectivity index (χ0n) is 15.0. The van der Waals surface area contributed by atoms with E-state index in [1.807, 2.05) is 48.1 Å². The van der Waals surface area contributed by atoms with Crippen molar-refractivity contribution in [1.82, 2.24) is 14.5 Å². The summed E-state index contributed by atoms with van der Waals surface area (Å²) in [5.74, 6) is -0.240. The molecule has 0 bridgehead atoms. The normalized spacial score (nSPS) is 10.6. The molecule has 0 saturated carbocycles. The minimum absolute atomic E-state index is 0.0932. The number of hydrogen-bond donors (Lipinski definition) is 0. The van der Waals surface area contributed by atoms with Gasteiger partial charge in [0.05, 0.1) is 11.5 Å². The summed E-state index contributed by atoms with van der Waals surface area (Å²) in [6, 6.07) is 15.4. The van der Waals surface area contributed by atoms with E-state index in [1.165, 1.54) is 18.2 Å². The van der Waals surface area contributed by atoms with Crippen molar-refractivity contribution in [2.24, 2.45) is 7.05 Å². The van der Waals surface area contributed by atoms with Crippen LogP contribution in [-0.4, -0.2) is 31.8 Å². The van der Waals surface area contributed by atoms with Gasteiger partial charge in [-0.15, -0.1) is 0 Å². The Morgan fingerprint density at radius 2 is 2.04 bits per heavy atom. The molecule has 3 aromatic rings. The largest absolute Gasteiger partial charge is 0.353 e. The Morgan fingerprint density at radius 1 is 1.19 bits per heavy atom. The second-order valence-electron chi connectivity index (χ2n) is 6.22. The number of aromatic nitrogens is 2. The van der Waals surface area contributed by atoms with Gasteiger partial charge in [0.2, 0.25) is 0 Å². The number of benzene rings is 1. The number of pyridine rings is 1. The van der Waals surface area contributed by atoms with Gasteiger partial charge in [0.15, 0.2) is 0 Å². The number of carbonyl (C=O) groups is 1. The summed E-state index contributed by atoms with van der Waals surface area (Å²) in [6.45, 7) is 0.877. The molecule has 7 nitrogen and oxygen atoms in total. The van der Waals surface area contributed by atoms with E-state index in [-0.39, 0.29) is 11.6 Å². The van der Waals surface area contributed by atoms with Gasteiger partial charge in [0, 0.05) is 61.5 Å². The molecule has 0 aliphatic heterocycles. The third kappa shape index (κ3) is 4.58. The molecule has 0 fully saturated rings. The summed E-state index contributed by atoms with van der Waals surface area (Å²) < 4.78 is 1.95. The molecule has 0 radical (unpaired) electrons. The zero-order chi connectivity index (χ0) is 19.2. The van der Waals surface area contributed by atoms with Gasteiger partial charge in [-0.25, -0.2) is 0 Å². The molecule has 2 heterocycles. The fourth-order valence-electron chi connectivity index (χ4n) is 2.84. The van der Waals surface area contributed by atoms with Crippen molar-refractivity contribution in [1.29, 1.82) is 0 Å². The molecule has 138 valence electrons. The second-order valence-corrected chi connectivity index (χ2v) is 6.22. The Morgan fingerprint density at radius 3 is 2.70 bits per heavy atom. The molecule has 1 amide bonds. The third-order valence-electron chi connectivity index (χ3n) is 4.36. The van der Waals surface area contributed by atoms with Crippen LogP contribution in [0.5, 0.6) is 0 Å². The van der Waals surface area contributed by atoms with Crippen LogP contribution >= 0.6 is 0 Å². The van der Waals surface area contributed by atoms with Gasteiger partial charge in [-0.3, -0.25) is 19.9 Å². The molecule has 0 aliphatic rings. The molecular weight excluding hydrogens is 344 g/mol. The first kappa shape index (κ1) is 18.3. The zero-order valence-corrected chi connectivity index (χ0v) is 15.0. The number of non-ortho nitro benzene ring substituents is 1. The molecule has 0 unspecified atom stereocenters. The number of carbonyl (C=O) groups excluding carboxylic acids is 1. The maximum absolute atomic E-state index is 13.1. The monoisotopic (exact) mass is 364 g/mol. The van der Waals surface area contributed by atoms with Gasteiger partial charge in [-0.2, -0.15) is 0 Å². The topological polar surface area (TPSA) is 81.3 Å². The molecule has 3 rings (SSSR count). The summed E-state index contributed by atoms with van der Waals surface area (Å²) in [4.78, 5) is 29.6. The van der Waals surface area contributed by atoms with Gasteiger partial charge in [-0.05, 0) is 30.3 Å². The Labute approximate surface area is 157 Å². The van der Waals surface area contributed by atoms with Gasteiger partial charge in [0.1, 0.15) is 0 Å².